The molecule has 5 N–H and O–H groups in total. The molecule has 0 spiro atoms. The number of nitrogens with zero attached hydrogens (tertiary/aromatic N) is 8. The van der Waals surface area contributed by atoms with Gasteiger partial charge in [-0.25, -0.2) is 9.97 Å². The van der Waals surface area contributed by atoms with Gasteiger partial charge in [0.05, 0.1) is 35.7 Å². The van der Waals surface area contributed by atoms with Gasteiger partial charge in [0, 0.05) is 114 Å². The van der Waals surface area contributed by atoms with E-state index in [1.54, 1.807) is 6.33 Å². The number of rotatable bonds is 17. The third-order valence-corrected chi connectivity index (χ3v) is 18.5. The summed E-state index contributed by atoms with van der Waals surface area (Å²) >= 11 is 6.29. The Morgan fingerprint density at radius 2 is 1.45 bits per heavy atom. The molecule has 5 aliphatic heterocycles. The fourth-order valence-corrected chi connectivity index (χ4v) is 13.1. The molecule has 2 atom stereocenters. The van der Waals surface area contributed by atoms with Crippen molar-refractivity contribution in [1.82, 2.24) is 50.1 Å². The zero-order chi connectivity index (χ0) is 53.8. The molecule has 19 heteroatoms. The molecule has 78 heavy (non-hydrogen) atoms. The summed E-state index contributed by atoms with van der Waals surface area (Å²) in [6.45, 7) is 9.43. The minimum absolute atomic E-state index is 0.0220. The summed E-state index contributed by atoms with van der Waals surface area (Å²) in [7, 11) is 0. The minimum atomic E-state index is -1.02. The van der Waals surface area contributed by atoms with Crippen LogP contribution in [0.4, 0.5) is 5.82 Å². The Labute approximate surface area is 463 Å². The van der Waals surface area contributed by atoms with Gasteiger partial charge in [0.1, 0.15) is 23.8 Å². The average Bonchev–Trinajstić information content (AvgIpc) is 4.23. The summed E-state index contributed by atoms with van der Waals surface area (Å²) in [6, 6.07) is 16.6. The number of hydrogen-bond acceptors (Lipinski definition) is 12. The molecular weight excluding hydrogens is 1010 g/mol. The Hall–Kier alpha value is -5.66. The zero-order valence-electron chi connectivity index (χ0n) is 45.2. The molecule has 2 saturated carbocycles. The number of fused-ring (bicyclic) bond motifs is 1. The molecule has 4 aromatic rings. The van der Waals surface area contributed by atoms with Crippen molar-refractivity contribution in [2.24, 2.45) is 17.6 Å². The number of hydrogen-bond donors (Lipinski definition) is 4. The Morgan fingerprint density at radius 3 is 2.15 bits per heavy atom. The molecule has 7 heterocycles. The molecule has 2 aromatic carbocycles. The molecular formula is C59H79ClN12O6. The average molecular weight is 1090 g/mol. The number of halogens is 1. The van der Waals surface area contributed by atoms with Gasteiger partial charge >= 0.3 is 0 Å². The molecule has 0 unspecified atom stereocenters. The maximum atomic E-state index is 14.3. The van der Waals surface area contributed by atoms with Crippen molar-refractivity contribution in [3.63, 3.8) is 0 Å². The molecule has 2 aliphatic carbocycles. The lowest BCUT2D eigenvalue weighted by atomic mass is 9.83. The molecule has 7 aliphatic rings. The van der Waals surface area contributed by atoms with E-state index in [4.69, 9.17) is 22.1 Å². The fourth-order valence-electron chi connectivity index (χ4n) is 12.9. The van der Waals surface area contributed by atoms with Crippen molar-refractivity contribution in [3.8, 4) is 0 Å². The highest BCUT2D eigenvalue weighted by molar-refractivity contribution is 6.30. The number of aromatic nitrogens is 3. The van der Waals surface area contributed by atoms with Gasteiger partial charge in [0.15, 0.2) is 0 Å². The van der Waals surface area contributed by atoms with E-state index in [1.807, 2.05) is 75.5 Å². The lowest BCUT2D eigenvalue weighted by molar-refractivity contribution is -0.140. The van der Waals surface area contributed by atoms with Crippen LogP contribution in [0.3, 0.4) is 0 Å². The van der Waals surface area contributed by atoms with Gasteiger partial charge in [-0.1, -0.05) is 55.1 Å². The summed E-state index contributed by atoms with van der Waals surface area (Å²) in [5, 5.41) is 8.14. The lowest BCUT2D eigenvalue weighted by Gasteiger charge is -2.40. The fraction of sp³-hybridized carbons (Fsp3) is 0.610. The number of amides is 5. The smallest absolute Gasteiger partial charge is 0.251 e. The highest BCUT2D eigenvalue weighted by Crippen LogP contribution is 2.37. The Balaban J connectivity index is 0.594. The zero-order valence-corrected chi connectivity index (χ0v) is 45.9. The van der Waals surface area contributed by atoms with Crippen molar-refractivity contribution >= 4 is 58.0 Å². The Morgan fingerprint density at radius 1 is 0.744 bits per heavy atom. The van der Waals surface area contributed by atoms with Crippen molar-refractivity contribution in [2.75, 3.05) is 96.5 Å². The molecule has 5 amide bonds. The number of benzene rings is 2. The molecule has 0 bridgehead atoms. The van der Waals surface area contributed by atoms with E-state index in [-0.39, 0.29) is 65.5 Å². The van der Waals surface area contributed by atoms with Crippen molar-refractivity contribution in [2.45, 2.75) is 126 Å². The second-order valence-electron chi connectivity index (χ2n) is 23.5. The minimum Gasteiger partial charge on any atom is -0.375 e. The summed E-state index contributed by atoms with van der Waals surface area (Å²) in [6.07, 6.45) is 15.7. The first kappa shape index (κ1) is 54.3. The predicted octanol–water partition coefficient (Wildman–Crippen LogP) is 5.49. The number of nitrogens with one attached hydrogen (secondary N) is 3. The monoisotopic (exact) mass is 1090 g/mol. The van der Waals surface area contributed by atoms with Crippen LogP contribution in [0.25, 0.3) is 11.0 Å². The number of piperidine rings is 3. The van der Waals surface area contributed by atoms with Crippen LogP contribution in [0, 0.1) is 11.8 Å². The van der Waals surface area contributed by atoms with E-state index >= 15 is 0 Å². The van der Waals surface area contributed by atoms with Gasteiger partial charge < -0.3 is 45.7 Å². The van der Waals surface area contributed by atoms with E-state index in [2.05, 4.69) is 40.3 Å². The normalized spacial score (nSPS) is 22.2. The number of H-pyrrole nitrogens is 1. The molecule has 11 rings (SSSR count). The largest absolute Gasteiger partial charge is 0.375 e. The Bertz CT molecular complexity index is 2730. The number of carbonyl (C=O) groups excluding carboxylic acids is 5. The summed E-state index contributed by atoms with van der Waals surface area (Å²) in [4.78, 5) is 93.1. The second-order valence-corrected chi connectivity index (χ2v) is 23.9. The van der Waals surface area contributed by atoms with Crippen molar-refractivity contribution < 1.29 is 28.7 Å². The molecule has 2 aromatic heterocycles. The molecule has 0 radical (unpaired) electrons. The SMILES string of the molecule is NC1(C(=O)N[C@@H](CCN2CCN(C(=O)CN3CCC(OC4CCN(C(=O)[C@H](NC(=O)c5cccc(C6CN(C(=O)C7CC7)C6)c5)C5CCCCC5)CC4)CC3)CC2)c2ccc(Cl)cc2)CCN(c2ncnc3[nH]ccc23)CC1. The number of piperazine rings is 1. The number of likely N-dealkylation sites (tertiary alicyclic amines) is 3. The lowest BCUT2D eigenvalue weighted by Crippen LogP contribution is -2.60. The quantitative estimate of drug-likeness (QED) is 0.104. The predicted molar refractivity (Wildman–Crippen MR) is 299 cm³/mol. The standard InChI is InChI=1S/C59H79ClN12O6/c60-46-13-11-40(12-14-46)50(65-58(77)59(61)21-29-70(30-22-59)54-49-15-23-62-53(49)63-39-64-54)20-26-67-31-33-69(34-32-67)51(73)38-68-24-16-47(17-25-68)78-48-18-27-71(28-19-48)57(76)52(41-5-2-1-3-6-41)66-55(74)44-8-4-7-43(35-44)45-36-72(37-45)56(75)42-9-10-42/h4,7-8,11-15,23,35,39,41-42,45,47-48,50,52H,1-3,5-6,9-10,16-22,24-34,36-38,61H2,(H,65,77)(H,66,74)(H,62,63,64)/t50-,52+/m0/s1. The van der Waals surface area contributed by atoms with Crippen molar-refractivity contribution in [3.05, 3.63) is 88.8 Å². The van der Waals surface area contributed by atoms with Crippen LogP contribution < -0.4 is 21.3 Å². The van der Waals surface area contributed by atoms with E-state index in [1.165, 1.54) is 0 Å². The van der Waals surface area contributed by atoms with E-state index in [0.29, 0.717) is 88.8 Å². The van der Waals surface area contributed by atoms with E-state index < -0.39 is 11.6 Å². The second kappa shape index (κ2) is 24.4. The number of aromatic amines is 1. The van der Waals surface area contributed by atoms with Gasteiger partial charge in [-0.3, -0.25) is 33.8 Å². The van der Waals surface area contributed by atoms with Gasteiger partial charge in [0.25, 0.3) is 5.91 Å². The van der Waals surface area contributed by atoms with Crippen LogP contribution in [0.1, 0.15) is 123 Å². The molecule has 418 valence electrons. The maximum Gasteiger partial charge on any atom is 0.251 e. The molecule has 18 nitrogen and oxygen atoms in total. The third-order valence-electron chi connectivity index (χ3n) is 18.2. The topological polar surface area (TPSA) is 206 Å². The highest BCUT2D eigenvalue weighted by Gasteiger charge is 2.42. The number of carbonyl (C=O) groups is 5. The van der Waals surface area contributed by atoms with Gasteiger partial charge in [-0.05, 0) is 118 Å². The first-order valence-electron chi connectivity index (χ1n) is 29.2. The van der Waals surface area contributed by atoms with Crippen LogP contribution in [-0.4, -0.2) is 184 Å². The third kappa shape index (κ3) is 12.8. The van der Waals surface area contributed by atoms with Gasteiger partial charge in [-0.15, -0.1) is 0 Å². The maximum absolute atomic E-state index is 14.3. The first-order chi connectivity index (χ1) is 37.9. The highest BCUT2D eigenvalue weighted by atomic mass is 35.5. The van der Waals surface area contributed by atoms with Crippen LogP contribution >= 0.6 is 11.6 Å². The molecule has 7 fully saturated rings. The van der Waals surface area contributed by atoms with E-state index in [9.17, 15) is 24.0 Å². The summed E-state index contributed by atoms with van der Waals surface area (Å²) < 4.78 is 6.68. The number of anilines is 1. The van der Waals surface area contributed by atoms with E-state index in [0.717, 1.165) is 131 Å². The first-order valence-corrected chi connectivity index (χ1v) is 29.6. The van der Waals surface area contributed by atoms with Crippen LogP contribution in [0.5, 0.6) is 0 Å². The van der Waals surface area contributed by atoms with Crippen LogP contribution in [0.15, 0.2) is 67.1 Å². The number of nitrogens with two attached hydrogens (primary N) is 1. The Kier molecular flexibility index (Phi) is 17.0. The molecule has 5 saturated heterocycles. The summed E-state index contributed by atoms with van der Waals surface area (Å²) in [5.74, 6) is 1.51. The summed E-state index contributed by atoms with van der Waals surface area (Å²) in [5.41, 5.74) is 9.27. The van der Waals surface area contributed by atoms with Crippen LogP contribution in [-0.2, 0) is 23.9 Å². The van der Waals surface area contributed by atoms with Gasteiger partial charge in [-0.2, -0.15) is 0 Å². The van der Waals surface area contributed by atoms with Crippen molar-refractivity contribution in [1.29, 1.82) is 0 Å². The van der Waals surface area contributed by atoms with Crippen LogP contribution in [0.2, 0.25) is 5.02 Å². The van der Waals surface area contributed by atoms with Gasteiger partial charge in [0.2, 0.25) is 23.6 Å². The number of ether oxygens (including phenoxy) is 1.